The summed E-state index contributed by atoms with van der Waals surface area (Å²) in [7, 11) is 0. The number of carbonyl (C=O) groups excluding carboxylic acids is 1. The van der Waals surface area contributed by atoms with Crippen LogP contribution in [0.1, 0.15) is 12.0 Å². The highest BCUT2D eigenvalue weighted by Crippen LogP contribution is 2.32. The van der Waals surface area contributed by atoms with Crippen molar-refractivity contribution in [3.05, 3.63) is 83.4 Å². The quantitative estimate of drug-likeness (QED) is 0.621. The molecule has 3 aromatic carbocycles. The number of nitrogens with zero attached hydrogens (tertiary/aromatic N) is 1. The van der Waals surface area contributed by atoms with Gasteiger partial charge in [0.25, 0.3) is 0 Å². The third kappa shape index (κ3) is 4.29. The third-order valence-electron chi connectivity index (χ3n) is 4.73. The minimum Gasteiger partial charge on any atom is -0.455 e. The lowest BCUT2D eigenvalue weighted by molar-refractivity contribution is -0.115. The molecule has 0 fully saturated rings. The number of aryl methyl sites for hydroxylation is 1. The van der Waals surface area contributed by atoms with Crippen molar-refractivity contribution in [1.82, 2.24) is 0 Å². The molecule has 1 N–H and O–H groups in total. The summed E-state index contributed by atoms with van der Waals surface area (Å²) in [5, 5.41) is 3.50. The van der Waals surface area contributed by atoms with E-state index in [0.717, 1.165) is 25.1 Å². The molecule has 1 aliphatic rings. The van der Waals surface area contributed by atoms with E-state index in [1.54, 1.807) is 18.2 Å². The van der Waals surface area contributed by atoms with Crippen molar-refractivity contribution < 1.29 is 9.53 Å². The van der Waals surface area contributed by atoms with Crippen molar-refractivity contribution in [1.29, 1.82) is 0 Å². The van der Waals surface area contributed by atoms with E-state index in [-0.39, 0.29) is 12.5 Å². The standard InChI is InChI=1S/C23H21ClN2O2/c24-18-12-13-22(28-19-9-2-1-3-10-19)20(15-18)25-23(27)16-26-14-6-8-17-7-4-5-11-21(17)26/h1-5,7,9-13,15H,6,8,14,16H2,(H,25,27). The van der Waals surface area contributed by atoms with Crippen LogP contribution in [0.3, 0.4) is 0 Å². The zero-order valence-electron chi connectivity index (χ0n) is 15.4. The van der Waals surface area contributed by atoms with Crippen LogP contribution in [-0.2, 0) is 11.2 Å². The second kappa shape index (κ2) is 8.36. The molecule has 5 heteroatoms. The molecular weight excluding hydrogens is 372 g/mol. The number of carbonyl (C=O) groups is 1. The van der Waals surface area contributed by atoms with E-state index in [4.69, 9.17) is 16.3 Å². The maximum atomic E-state index is 12.8. The molecule has 0 spiro atoms. The van der Waals surface area contributed by atoms with E-state index in [0.29, 0.717) is 22.2 Å². The predicted octanol–water partition coefficient (Wildman–Crippen LogP) is 5.52. The third-order valence-corrected chi connectivity index (χ3v) is 4.96. The molecule has 0 unspecified atom stereocenters. The van der Waals surface area contributed by atoms with Gasteiger partial charge in [-0.2, -0.15) is 0 Å². The van der Waals surface area contributed by atoms with E-state index in [1.807, 2.05) is 42.5 Å². The number of amides is 1. The van der Waals surface area contributed by atoms with Crippen LogP contribution in [0, 0.1) is 0 Å². The molecular formula is C23H21ClN2O2. The van der Waals surface area contributed by atoms with Gasteiger partial charge < -0.3 is 15.0 Å². The first-order valence-electron chi connectivity index (χ1n) is 9.34. The molecule has 0 saturated carbocycles. The Morgan fingerprint density at radius 1 is 1.04 bits per heavy atom. The topological polar surface area (TPSA) is 41.6 Å². The second-order valence-corrected chi connectivity index (χ2v) is 7.19. The number of nitrogens with one attached hydrogen (secondary N) is 1. The molecule has 1 aliphatic heterocycles. The Kier molecular flexibility index (Phi) is 5.49. The molecule has 3 aromatic rings. The summed E-state index contributed by atoms with van der Waals surface area (Å²) in [5.41, 5.74) is 2.99. The van der Waals surface area contributed by atoms with Crippen LogP contribution in [-0.4, -0.2) is 19.0 Å². The normalized spacial score (nSPS) is 13.0. The minimum absolute atomic E-state index is 0.100. The molecule has 0 radical (unpaired) electrons. The Morgan fingerprint density at radius 3 is 2.68 bits per heavy atom. The van der Waals surface area contributed by atoms with E-state index in [9.17, 15) is 4.79 Å². The van der Waals surface area contributed by atoms with Crippen molar-refractivity contribution >= 4 is 28.9 Å². The number of hydrogen-bond acceptors (Lipinski definition) is 3. The molecule has 4 rings (SSSR count). The van der Waals surface area contributed by atoms with Crippen LogP contribution >= 0.6 is 11.6 Å². The van der Waals surface area contributed by atoms with Gasteiger partial charge in [-0.15, -0.1) is 0 Å². The molecule has 0 aromatic heterocycles. The molecule has 0 aliphatic carbocycles. The Bertz CT molecular complexity index is 975. The highest BCUT2D eigenvalue weighted by atomic mass is 35.5. The van der Waals surface area contributed by atoms with E-state index in [1.165, 1.54) is 5.56 Å². The lowest BCUT2D eigenvalue weighted by atomic mass is 10.0. The molecule has 1 heterocycles. The van der Waals surface area contributed by atoms with Gasteiger partial charge in [-0.3, -0.25) is 4.79 Å². The molecule has 1 amide bonds. The summed E-state index contributed by atoms with van der Waals surface area (Å²) in [6.45, 7) is 1.15. The van der Waals surface area contributed by atoms with Crippen molar-refractivity contribution in [2.24, 2.45) is 0 Å². The summed E-state index contributed by atoms with van der Waals surface area (Å²) in [5.74, 6) is 1.16. The Balaban J connectivity index is 1.50. The molecule has 0 saturated heterocycles. The van der Waals surface area contributed by atoms with Gasteiger partial charge in [-0.1, -0.05) is 48.0 Å². The van der Waals surface area contributed by atoms with Crippen molar-refractivity contribution in [3.63, 3.8) is 0 Å². The average Bonchev–Trinajstić information content (AvgIpc) is 2.71. The van der Waals surface area contributed by atoms with Gasteiger partial charge in [-0.05, 0) is 54.8 Å². The van der Waals surface area contributed by atoms with Crippen LogP contribution in [0.25, 0.3) is 0 Å². The first-order chi connectivity index (χ1) is 13.7. The van der Waals surface area contributed by atoms with Gasteiger partial charge in [0, 0.05) is 17.3 Å². The zero-order chi connectivity index (χ0) is 19.3. The second-order valence-electron chi connectivity index (χ2n) is 6.76. The van der Waals surface area contributed by atoms with Crippen LogP contribution in [0.15, 0.2) is 72.8 Å². The van der Waals surface area contributed by atoms with Crippen LogP contribution in [0.2, 0.25) is 5.02 Å². The predicted molar refractivity (Wildman–Crippen MR) is 114 cm³/mol. The zero-order valence-corrected chi connectivity index (χ0v) is 16.2. The van der Waals surface area contributed by atoms with Crippen molar-refractivity contribution in [3.8, 4) is 11.5 Å². The number of rotatable bonds is 5. The number of fused-ring (bicyclic) bond motifs is 1. The molecule has 28 heavy (non-hydrogen) atoms. The fourth-order valence-corrected chi connectivity index (χ4v) is 3.62. The monoisotopic (exact) mass is 392 g/mol. The van der Waals surface area contributed by atoms with Gasteiger partial charge >= 0.3 is 0 Å². The highest BCUT2D eigenvalue weighted by Gasteiger charge is 2.19. The number of ether oxygens (including phenoxy) is 1. The summed E-state index contributed by atoms with van der Waals surface area (Å²) < 4.78 is 5.92. The Hall–Kier alpha value is -2.98. The van der Waals surface area contributed by atoms with Crippen LogP contribution in [0.4, 0.5) is 11.4 Å². The lowest BCUT2D eigenvalue weighted by Crippen LogP contribution is -2.36. The first kappa shape index (κ1) is 18.4. The minimum atomic E-state index is -0.100. The van der Waals surface area contributed by atoms with Gasteiger partial charge in [-0.25, -0.2) is 0 Å². The fourth-order valence-electron chi connectivity index (χ4n) is 3.44. The number of hydrogen-bond donors (Lipinski definition) is 1. The maximum absolute atomic E-state index is 12.8. The Labute approximate surface area is 169 Å². The lowest BCUT2D eigenvalue weighted by Gasteiger charge is -2.30. The molecule has 142 valence electrons. The molecule has 4 nitrogen and oxygen atoms in total. The van der Waals surface area contributed by atoms with Gasteiger partial charge in [0.15, 0.2) is 5.75 Å². The van der Waals surface area contributed by atoms with Gasteiger partial charge in [0.2, 0.25) is 5.91 Å². The highest BCUT2D eigenvalue weighted by molar-refractivity contribution is 6.31. The fraction of sp³-hybridized carbons (Fsp3) is 0.174. The van der Waals surface area contributed by atoms with Crippen molar-refractivity contribution in [2.75, 3.05) is 23.3 Å². The average molecular weight is 393 g/mol. The first-order valence-corrected chi connectivity index (χ1v) is 9.72. The smallest absolute Gasteiger partial charge is 0.243 e. The van der Waals surface area contributed by atoms with Crippen molar-refractivity contribution in [2.45, 2.75) is 12.8 Å². The largest absolute Gasteiger partial charge is 0.455 e. The van der Waals surface area contributed by atoms with Gasteiger partial charge in [0.05, 0.1) is 12.2 Å². The molecule has 0 atom stereocenters. The number of para-hydroxylation sites is 2. The summed E-state index contributed by atoms with van der Waals surface area (Å²) in [4.78, 5) is 14.9. The van der Waals surface area contributed by atoms with E-state index >= 15 is 0 Å². The van der Waals surface area contributed by atoms with Crippen LogP contribution < -0.4 is 15.0 Å². The van der Waals surface area contributed by atoms with E-state index in [2.05, 4.69) is 22.3 Å². The number of anilines is 2. The summed E-state index contributed by atoms with van der Waals surface area (Å²) in [6, 6.07) is 22.9. The van der Waals surface area contributed by atoms with Gasteiger partial charge in [0.1, 0.15) is 5.75 Å². The summed E-state index contributed by atoms with van der Waals surface area (Å²) in [6.07, 6.45) is 2.10. The maximum Gasteiger partial charge on any atom is 0.243 e. The number of halogens is 1. The Morgan fingerprint density at radius 2 is 1.82 bits per heavy atom. The van der Waals surface area contributed by atoms with E-state index < -0.39 is 0 Å². The SMILES string of the molecule is O=C(CN1CCCc2ccccc21)Nc1cc(Cl)ccc1Oc1ccccc1. The molecule has 0 bridgehead atoms. The summed E-state index contributed by atoms with van der Waals surface area (Å²) >= 11 is 6.14. The number of benzene rings is 3. The van der Waals surface area contributed by atoms with Crippen LogP contribution in [0.5, 0.6) is 11.5 Å².